The number of phosphoric ester groups is 1. The van der Waals surface area contributed by atoms with E-state index in [1.54, 1.807) is 21.6 Å². The summed E-state index contributed by atoms with van der Waals surface area (Å²) in [6, 6.07) is 9.38. The van der Waals surface area contributed by atoms with E-state index in [0.29, 0.717) is 6.42 Å². The first-order chi connectivity index (χ1) is 16.9. The van der Waals surface area contributed by atoms with Crippen LogP contribution < -0.4 is 11.4 Å². The maximum absolute atomic E-state index is 15.5. The van der Waals surface area contributed by atoms with Crippen molar-refractivity contribution in [1.82, 2.24) is 9.55 Å². The minimum atomic E-state index is -4.03. The zero-order chi connectivity index (χ0) is 26.1. The summed E-state index contributed by atoms with van der Waals surface area (Å²) in [6.45, 7) is 7.74. The molecule has 1 aromatic heterocycles. The zero-order valence-electron chi connectivity index (χ0n) is 20.6. The number of hydrogen-bond acceptors (Lipinski definition) is 10. The van der Waals surface area contributed by atoms with Crippen LogP contribution in [0.2, 0.25) is 0 Å². The third-order valence-corrected chi connectivity index (χ3v) is 10.8. The van der Waals surface area contributed by atoms with Gasteiger partial charge < -0.3 is 10.5 Å². The molecule has 4 rings (SSSR count). The lowest BCUT2D eigenvalue weighted by Gasteiger charge is -2.38. The van der Waals surface area contributed by atoms with Gasteiger partial charge in [0.15, 0.2) is 6.17 Å². The molecule has 0 saturated carbocycles. The number of nitrogens with zero attached hydrogens (tertiary/aromatic N) is 2. The van der Waals surface area contributed by atoms with Crippen LogP contribution >= 0.6 is 29.4 Å². The lowest BCUT2D eigenvalue weighted by Crippen LogP contribution is -2.50. The van der Waals surface area contributed by atoms with Crippen LogP contribution in [0.25, 0.3) is 0 Å². The predicted octanol–water partition coefficient (Wildman–Crippen LogP) is 4.64. The summed E-state index contributed by atoms with van der Waals surface area (Å²) >= 11 is 0. The molecule has 3 heterocycles. The summed E-state index contributed by atoms with van der Waals surface area (Å²) in [4.78, 5) is 16.8. The van der Waals surface area contributed by atoms with Crippen molar-refractivity contribution < 1.29 is 27.3 Å². The molecule has 2 aromatic rings. The van der Waals surface area contributed by atoms with E-state index in [9.17, 15) is 9.36 Å². The largest absolute Gasteiger partial charge is 0.475 e. The van der Waals surface area contributed by atoms with E-state index < -0.39 is 37.5 Å². The smallest absolute Gasteiger partial charge is 0.383 e. The number of phosphoric acid groups is 1. The summed E-state index contributed by atoms with van der Waals surface area (Å²) in [6.07, 6.45) is -1.61. The highest BCUT2D eigenvalue weighted by molar-refractivity contribution is 8.77. The molecule has 0 bridgehead atoms. The van der Waals surface area contributed by atoms with Crippen LogP contribution in [0, 0.1) is 0 Å². The van der Waals surface area contributed by atoms with Crippen molar-refractivity contribution in [3.8, 4) is 0 Å². The van der Waals surface area contributed by atoms with E-state index in [2.05, 4.69) is 25.8 Å². The number of nitrogens with two attached hydrogens (primary N) is 1. The summed E-state index contributed by atoms with van der Waals surface area (Å²) in [7, 11) is -0.594. The Hall–Kier alpha value is -1.40. The van der Waals surface area contributed by atoms with Gasteiger partial charge in [-0.3, -0.25) is 18.1 Å². The molecule has 0 amide bonds. The van der Waals surface area contributed by atoms with Gasteiger partial charge in [0.2, 0.25) is 0 Å². The minimum absolute atomic E-state index is 0.0729. The molecule has 2 aliphatic heterocycles. The van der Waals surface area contributed by atoms with Gasteiger partial charge in [0.25, 0.3) is 0 Å². The fourth-order valence-corrected chi connectivity index (χ4v) is 7.68. The van der Waals surface area contributed by atoms with E-state index in [1.807, 2.05) is 24.3 Å². The lowest BCUT2D eigenvalue weighted by molar-refractivity contribution is -0.106. The van der Waals surface area contributed by atoms with E-state index in [1.165, 1.54) is 23.8 Å². The van der Waals surface area contributed by atoms with Crippen LogP contribution in [0.3, 0.4) is 0 Å². The molecule has 5 atom stereocenters. The standard InChI is InChI=1S/C23H31FN3O6PS2/c1-22(2,3)36-35-17-8-6-5-7-15(17)10-12-30-34(29)31-14-18-23(4,33-34)20(24)16(32-18)13-27-11-9-19(25)26-21(27)28/h5-9,11,16,18,20H,10,12-14H2,1-4H3,(H2,25,26,28)/t16?,18-,20+,23+,34?/m1/s1. The maximum Gasteiger partial charge on any atom is 0.475 e. The van der Waals surface area contributed by atoms with Crippen molar-refractivity contribution in [1.29, 1.82) is 0 Å². The van der Waals surface area contributed by atoms with Crippen molar-refractivity contribution in [3.63, 3.8) is 0 Å². The molecular weight excluding hydrogens is 528 g/mol. The second kappa shape index (κ2) is 10.8. The van der Waals surface area contributed by atoms with Gasteiger partial charge in [0.05, 0.1) is 19.8 Å². The Morgan fingerprint density at radius 3 is 2.81 bits per heavy atom. The number of fused-ring (bicyclic) bond motifs is 1. The fraction of sp³-hybridized carbons (Fsp3) is 0.565. The number of ether oxygens (including phenoxy) is 1. The van der Waals surface area contributed by atoms with Crippen LogP contribution in [-0.4, -0.2) is 51.5 Å². The topological polar surface area (TPSA) is 115 Å². The number of halogens is 1. The fourth-order valence-electron chi connectivity index (χ4n) is 3.90. The van der Waals surface area contributed by atoms with Crippen LogP contribution in [0.15, 0.2) is 46.2 Å². The van der Waals surface area contributed by atoms with Crippen LogP contribution in [0.5, 0.6) is 0 Å². The molecule has 36 heavy (non-hydrogen) atoms. The Morgan fingerprint density at radius 1 is 1.33 bits per heavy atom. The molecule has 2 saturated heterocycles. The van der Waals surface area contributed by atoms with Crippen molar-refractivity contribution in [2.75, 3.05) is 18.9 Å². The molecule has 0 radical (unpaired) electrons. The lowest BCUT2D eigenvalue weighted by atomic mass is 9.94. The summed E-state index contributed by atoms with van der Waals surface area (Å²) in [5, 5.41) is 0. The summed E-state index contributed by atoms with van der Waals surface area (Å²) in [5.74, 6) is 0.0741. The highest BCUT2D eigenvalue weighted by atomic mass is 33.1. The monoisotopic (exact) mass is 559 g/mol. The molecule has 2 aliphatic rings. The highest BCUT2D eigenvalue weighted by Gasteiger charge is 2.62. The highest BCUT2D eigenvalue weighted by Crippen LogP contribution is 2.60. The average molecular weight is 560 g/mol. The minimum Gasteiger partial charge on any atom is -0.383 e. The number of rotatable bonds is 8. The average Bonchev–Trinajstić information content (AvgIpc) is 3.03. The number of benzene rings is 1. The maximum atomic E-state index is 15.5. The third-order valence-electron chi connectivity index (χ3n) is 5.79. The summed E-state index contributed by atoms with van der Waals surface area (Å²) < 4.78 is 52.5. The van der Waals surface area contributed by atoms with E-state index in [-0.39, 0.29) is 30.3 Å². The first kappa shape index (κ1) is 27.6. The molecule has 9 nitrogen and oxygen atoms in total. The molecule has 13 heteroatoms. The Kier molecular flexibility index (Phi) is 8.26. The third kappa shape index (κ3) is 6.35. The Bertz CT molecular complexity index is 1190. The van der Waals surface area contributed by atoms with Crippen LogP contribution in [-0.2, 0) is 35.8 Å². The molecule has 2 N–H and O–H groups in total. The normalized spacial score (nSPS) is 30.3. The van der Waals surface area contributed by atoms with Crippen molar-refractivity contribution in [3.05, 3.63) is 52.6 Å². The molecule has 2 unspecified atom stereocenters. The van der Waals surface area contributed by atoms with Gasteiger partial charge in [0, 0.05) is 15.8 Å². The van der Waals surface area contributed by atoms with Crippen LogP contribution in [0.4, 0.5) is 10.2 Å². The van der Waals surface area contributed by atoms with Gasteiger partial charge in [-0.15, -0.1) is 0 Å². The van der Waals surface area contributed by atoms with E-state index in [4.69, 9.17) is 24.0 Å². The Morgan fingerprint density at radius 2 is 2.08 bits per heavy atom. The van der Waals surface area contributed by atoms with Gasteiger partial charge in [-0.05, 0) is 31.0 Å². The van der Waals surface area contributed by atoms with Gasteiger partial charge in [0.1, 0.15) is 23.6 Å². The molecule has 0 aliphatic carbocycles. The second-order valence-corrected chi connectivity index (χ2v) is 14.4. The second-order valence-electron chi connectivity index (χ2n) is 9.84. The van der Waals surface area contributed by atoms with Gasteiger partial charge >= 0.3 is 13.5 Å². The van der Waals surface area contributed by atoms with E-state index in [0.717, 1.165) is 10.5 Å². The van der Waals surface area contributed by atoms with Gasteiger partial charge in [-0.25, -0.2) is 13.8 Å². The van der Waals surface area contributed by atoms with Crippen molar-refractivity contribution in [2.24, 2.45) is 0 Å². The molecule has 2 fully saturated rings. The quantitative estimate of drug-likeness (QED) is 0.362. The Balaban J connectivity index is 1.38. The molecule has 1 aromatic carbocycles. The first-order valence-electron chi connectivity index (χ1n) is 11.5. The number of nitrogen functional groups attached to an aromatic ring is 1. The molecule has 0 spiro atoms. The first-order valence-corrected chi connectivity index (χ1v) is 15.2. The molecule has 198 valence electrons. The van der Waals surface area contributed by atoms with Gasteiger partial charge in [-0.1, -0.05) is 60.6 Å². The van der Waals surface area contributed by atoms with E-state index >= 15 is 4.39 Å². The number of alkyl halides is 1. The predicted molar refractivity (Wildman–Crippen MR) is 139 cm³/mol. The molecular formula is C23H31FN3O6PS2. The van der Waals surface area contributed by atoms with Crippen molar-refractivity contribution >= 4 is 35.2 Å². The zero-order valence-corrected chi connectivity index (χ0v) is 23.1. The van der Waals surface area contributed by atoms with Crippen molar-refractivity contribution in [2.45, 2.75) is 74.3 Å². The Labute approximate surface area is 217 Å². The van der Waals surface area contributed by atoms with Crippen LogP contribution in [0.1, 0.15) is 33.3 Å². The number of aromatic nitrogens is 2. The number of hydrogen-bond donors (Lipinski definition) is 1. The van der Waals surface area contributed by atoms with Gasteiger partial charge in [-0.2, -0.15) is 4.98 Å². The number of anilines is 1. The summed E-state index contributed by atoms with van der Waals surface area (Å²) in [5.41, 5.74) is 4.39. The SMILES string of the molecule is CC(C)(C)SSc1ccccc1CCOP1(=O)OC[C@H]2OC(Cn3ccc(N)nc3=O)[C@H](F)[C@@]2(C)O1.